The molecule has 1 atom stereocenters. The van der Waals surface area contributed by atoms with Crippen molar-refractivity contribution in [3.8, 4) is 17.6 Å². The third-order valence-electron chi connectivity index (χ3n) is 3.93. The summed E-state index contributed by atoms with van der Waals surface area (Å²) < 4.78 is 5.48. The summed E-state index contributed by atoms with van der Waals surface area (Å²) in [5, 5.41) is 14.0. The number of thiocarbonyl (C=S) groups is 1. The molecular weight excluding hydrogens is 408 g/mol. The maximum absolute atomic E-state index is 9.78. The molecule has 4 nitrogen and oxygen atoms in total. The van der Waals surface area contributed by atoms with Gasteiger partial charge in [-0.3, -0.25) is 0 Å². The van der Waals surface area contributed by atoms with Gasteiger partial charge >= 0.3 is 0 Å². The van der Waals surface area contributed by atoms with Crippen molar-refractivity contribution in [2.24, 2.45) is 0 Å². The molecule has 28 heavy (non-hydrogen) atoms. The van der Waals surface area contributed by atoms with E-state index in [0.29, 0.717) is 6.61 Å². The molecule has 3 rings (SSSR count). The molecule has 1 aromatic heterocycles. The van der Waals surface area contributed by atoms with E-state index in [9.17, 15) is 5.11 Å². The van der Waals surface area contributed by atoms with E-state index in [-0.39, 0.29) is 5.37 Å². The summed E-state index contributed by atoms with van der Waals surface area (Å²) in [5.74, 6) is 7.81. The number of thiophene rings is 1. The zero-order valence-corrected chi connectivity index (χ0v) is 18.6. The molecule has 0 radical (unpaired) electrons. The second-order valence-electron chi connectivity index (χ2n) is 6.82. The van der Waals surface area contributed by atoms with Gasteiger partial charge in [-0.15, -0.1) is 23.1 Å². The van der Waals surface area contributed by atoms with Crippen LogP contribution in [0, 0.1) is 11.8 Å². The molecule has 0 amide bonds. The van der Waals surface area contributed by atoms with Gasteiger partial charge in [0.05, 0.1) is 11.5 Å². The van der Waals surface area contributed by atoms with Crippen LogP contribution in [0.15, 0.2) is 36.4 Å². The van der Waals surface area contributed by atoms with Gasteiger partial charge in [-0.05, 0) is 69.4 Å². The number of hydrogen-bond donors (Lipinski definition) is 2. The summed E-state index contributed by atoms with van der Waals surface area (Å²) in [7, 11) is 0. The van der Waals surface area contributed by atoms with E-state index >= 15 is 0 Å². The lowest BCUT2D eigenvalue weighted by Crippen LogP contribution is -2.33. The predicted molar refractivity (Wildman–Crippen MR) is 123 cm³/mol. The average molecular weight is 433 g/mol. The average Bonchev–Trinajstić information content (AvgIpc) is 3.30. The fourth-order valence-corrected chi connectivity index (χ4v) is 5.42. The Labute approximate surface area is 180 Å². The molecule has 0 saturated carbocycles. The zero-order valence-electron chi connectivity index (χ0n) is 16.2. The van der Waals surface area contributed by atoms with Crippen molar-refractivity contribution >= 4 is 46.1 Å². The highest BCUT2D eigenvalue weighted by molar-refractivity contribution is 7.99. The third-order valence-corrected chi connectivity index (χ3v) is 6.71. The van der Waals surface area contributed by atoms with Crippen LogP contribution in [0.3, 0.4) is 0 Å². The van der Waals surface area contributed by atoms with Crippen LogP contribution < -0.4 is 10.1 Å². The van der Waals surface area contributed by atoms with Gasteiger partial charge in [-0.25, -0.2) is 0 Å². The molecular formula is C21H24N2O2S3. The Bertz CT molecular complexity index is 876. The van der Waals surface area contributed by atoms with Crippen LogP contribution in [-0.2, 0) is 0 Å². The third kappa shape index (κ3) is 5.65. The zero-order chi connectivity index (χ0) is 20.1. The van der Waals surface area contributed by atoms with Crippen LogP contribution in [-0.4, -0.2) is 39.6 Å². The van der Waals surface area contributed by atoms with E-state index in [1.807, 2.05) is 49.0 Å². The molecule has 1 aromatic carbocycles. The molecule has 0 spiro atoms. The first-order chi connectivity index (χ1) is 13.4. The monoisotopic (exact) mass is 432 g/mol. The van der Waals surface area contributed by atoms with Crippen molar-refractivity contribution in [3.05, 3.63) is 46.2 Å². The number of nitrogens with zero attached hydrogens (tertiary/aromatic N) is 1. The SMILES string of the molecule is CCOc1ccc(NC(=S)N2CCS[C@H]2c2ccc(C#CC(C)(C)O)s2)cc1. The Balaban J connectivity index is 1.67. The van der Waals surface area contributed by atoms with Crippen molar-refractivity contribution in [2.45, 2.75) is 31.7 Å². The standard InChI is InChI=1S/C21H24N2O2S3/c1-4-25-16-7-5-15(6-8-16)22-20(26)23-13-14-27-19(23)18-10-9-17(28-18)11-12-21(2,3)24/h5-10,19,24H,4,13-14H2,1-3H3,(H,22,26)/t19-/m0/s1. The van der Waals surface area contributed by atoms with Gasteiger partial charge in [0.2, 0.25) is 0 Å². The van der Waals surface area contributed by atoms with Gasteiger partial charge in [-0.2, -0.15) is 0 Å². The Hall–Kier alpha value is -1.72. The lowest BCUT2D eigenvalue weighted by Gasteiger charge is -2.26. The lowest BCUT2D eigenvalue weighted by atomic mass is 10.1. The number of nitrogens with one attached hydrogen (secondary N) is 1. The summed E-state index contributed by atoms with van der Waals surface area (Å²) in [6.07, 6.45) is 0. The number of anilines is 1. The van der Waals surface area contributed by atoms with Gasteiger partial charge in [0.15, 0.2) is 5.11 Å². The molecule has 2 N–H and O–H groups in total. The number of rotatable bonds is 4. The molecule has 0 unspecified atom stereocenters. The van der Waals surface area contributed by atoms with Gasteiger partial charge in [0, 0.05) is 22.9 Å². The van der Waals surface area contributed by atoms with Gasteiger partial charge < -0.3 is 20.1 Å². The van der Waals surface area contributed by atoms with E-state index in [1.54, 1.807) is 25.2 Å². The van der Waals surface area contributed by atoms with Crippen LogP contribution in [0.5, 0.6) is 5.75 Å². The van der Waals surface area contributed by atoms with Gasteiger partial charge in [0.25, 0.3) is 0 Å². The topological polar surface area (TPSA) is 44.7 Å². The van der Waals surface area contributed by atoms with Crippen LogP contribution in [0.25, 0.3) is 0 Å². The number of aliphatic hydroxyl groups is 1. The minimum atomic E-state index is -0.985. The summed E-state index contributed by atoms with van der Waals surface area (Å²) in [6, 6.07) is 12.0. The molecule has 0 aliphatic carbocycles. The summed E-state index contributed by atoms with van der Waals surface area (Å²) in [4.78, 5) is 4.39. The fraction of sp³-hybridized carbons (Fsp3) is 0.381. The molecule has 0 bridgehead atoms. The largest absolute Gasteiger partial charge is 0.494 e. The van der Waals surface area contributed by atoms with Crippen molar-refractivity contribution in [2.75, 3.05) is 24.2 Å². The van der Waals surface area contributed by atoms with Crippen LogP contribution >= 0.6 is 35.3 Å². The summed E-state index contributed by atoms with van der Waals surface area (Å²) >= 11 is 9.21. The fourth-order valence-electron chi connectivity index (χ4n) is 2.68. The Morgan fingerprint density at radius 1 is 1.32 bits per heavy atom. The lowest BCUT2D eigenvalue weighted by molar-refractivity contribution is 0.143. The summed E-state index contributed by atoms with van der Waals surface area (Å²) in [6.45, 7) is 6.91. The number of benzene rings is 1. The highest BCUT2D eigenvalue weighted by atomic mass is 32.2. The normalized spacial score (nSPS) is 16.4. The first-order valence-electron chi connectivity index (χ1n) is 9.13. The van der Waals surface area contributed by atoms with Gasteiger partial charge in [0.1, 0.15) is 16.7 Å². The Morgan fingerprint density at radius 3 is 2.75 bits per heavy atom. The predicted octanol–water partition coefficient (Wildman–Crippen LogP) is 4.71. The van der Waals surface area contributed by atoms with E-state index < -0.39 is 5.60 Å². The molecule has 1 saturated heterocycles. The number of hydrogen-bond acceptors (Lipinski definition) is 5. The molecule has 2 aromatic rings. The van der Waals surface area contributed by atoms with Crippen molar-refractivity contribution in [1.82, 2.24) is 4.90 Å². The van der Waals surface area contributed by atoms with E-state index in [2.05, 4.69) is 28.1 Å². The molecule has 1 aliphatic rings. The molecule has 2 heterocycles. The van der Waals surface area contributed by atoms with Crippen LogP contribution in [0.4, 0.5) is 5.69 Å². The quantitative estimate of drug-likeness (QED) is 0.539. The second kappa shape index (κ2) is 9.19. The van der Waals surface area contributed by atoms with E-state index in [1.165, 1.54) is 4.88 Å². The van der Waals surface area contributed by atoms with Crippen molar-refractivity contribution in [1.29, 1.82) is 0 Å². The van der Waals surface area contributed by atoms with Gasteiger partial charge in [-0.1, -0.05) is 11.8 Å². The Kier molecular flexibility index (Phi) is 6.89. The highest BCUT2D eigenvalue weighted by Crippen LogP contribution is 2.41. The first kappa shape index (κ1) is 21.0. The summed E-state index contributed by atoms with van der Waals surface area (Å²) in [5.41, 5.74) is -0.0337. The Morgan fingerprint density at radius 2 is 2.07 bits per heavy atom. The second-order valence-corrected chi connectivity index (χ2v) is 9.51. The first-order valence-corrected chi connectivity index (χ1v) is 11.4. The maximum Gasteiger partial charge on any atom is 0.174 e. The number of thioether (sulfide) groups is 1. The smallest absolute Gasteiger partial charge is 0.174 e. The van der Waals surface area contributed by atoms with Crippen LogP contribution in [0.2, 0.25) is 0 Å². The van der Waals surface area contributed by atoms with Crippen molar-refractivity contribution in [3.63, 3.8) is 0 Å². The highest BCUT2D eigenvalue weighted by Gasteiger charge is 2.29. The minimum Gasteiger partial charge on any atom is -0.494 e. The molecule has 1 aliphatic heterocycles. The number of ether oxygens (including phenoxy) is 1. The molecule has 7 heteroatoms. The van der Waals surface area contributed by atoms with Crippen molar-refractivity contribution < 1.29 is 9.84 Å². The van der Waals surface area contributed by atoms with E-state index in [4.69, 9.17) is 17.0 Å². The maximum atomic E-state index is 9.78. The van der Waals surface area contributed by atoms with Crippen LogP contribution in [0.1, 0.15) is 35.9 Å². The molecule has 1 fully saturated rings. The molecule has 148 valence electrons. The van der Waals surface area contributed by atoms with E-state index in [0.717, 1.165) is 33.7 Å². The minimum absolute atomic E-state index is 0.186.